The first-order valence-electron chi connectivity index (χ1n) is 8.25. The van der Waals surface area contributed by atoms with E-state index in [0.29, 0.717) is 19.6 Å². The summed E-state index contributed by atoms with van der Waals surface area (Å²) in [6.07, 6.45) is 1.85. The van der Waals surface area contributed by atoms with Crippen LogP contribution in [0, 0.1) is 5.92 Å². The zero-order valence-corrected chi connectivity index (χ0v) is 14.5. The van der Waals surface area contributed by atoms with Crippen LogP contribution in [0.3, 0.4) is 0 Å². The van der Waals surface area contributed by atoms with Crippen LogP contribution in [0.2, 0.25) is 0 Å². The molecule has 2 aromatic rings. The molecule has 1 atom stereocenters. The third-order valence-corrected chi connectivity index (χ3v) is 4.45. The van der Waals surface area contributed by atoms with Gasteiger partial charge in [0.15, 0.2) is 0 Å². The zero-order chi connectivity index (χ0) is 17.8. The van der Waals surface area contributed by atoms with Crippen LogP contribution in [-0.4, -0.2) is 42.3 Å². The third kappa shape index (κ3) is 4.02. The van der Waals surface area contributed by atoms with Gasteiger partial charge in [-0.05, 0) is 29.8 Å². The molecule has 25 heavy (non-hydrogen) atoms. The monoisotopic (exact) mass is 342 g/mol. The van der Waals surface area contributed by atoms with E-state index in [9.17, 15) is 9.59 Å². The predicted molar refractivity (Wildman–Crippen MR) is 91.7 cm³/mol. The second-order valence-electron chi connectivity index (χ2n) is 6.30. The quantitative estimate of drug-likeness (QED) is 0.808. The summed E-state index contributed by atoms with van der Waals surface area (Å²) in [7, 11) is 3.36. The van der Waals surface area contributed by atoms with Gasteiger partial charge in [-0.1, -0.05) is 12.1 Å². The van der Waals surface area contributed by atoms with E-state index in [1.165, 1.54) is 0 Å². The maximum atomic E-state index is 12.6. The van der Waals surface area contributed by atoms with Crippen molar-refractivity contribution in [2.45, 2.75) is 19.5 Å². The third-order valence-electron chi connectivity index (χ3n) is 4.45. The minimum atomic E-state index is -0.300. The van der Waals surface area contributed by atoms with Crippen LogP contribution in [0.15, 0.2) is 47.1 Å². The number of amides is 2. The Hall–Kier alpha value is -2.76. The van der Waals surface area contributed by atoms with E-state index in [2.05, 4.69) is 0 Å². The van der Waals surface area contributed by atoms with Gasteiger partial charge in [0.2, 0.25) is 11.8 Å². The summed E-state index contributed by atoms with van der Waals surface area (Å²) in [5.74, 6) is 1.20. The molecule has 0 saturated carbocycles. The molecule has 0 unspecified atom stereocenters. The molecule has 1 fully saturated rings. The zero-order valence-electron chi connectivity index (χ0n) is 14.5. The van der Waals surface area contributed by atoms with E-state index in [1.54, 1.807) is 36.3 Å². The Balaban J connectivity index is 1.58. The number of nitrogens with zero attached hydrogens (tertiary/aromatic N) is 2. The van der Waals surface area contributed by atoms with Crippen molar-refractivity contribution in [3.8, 4) is 5.75 Å². The van der Waals surface area contributed by atoms with Gasteiger partial charge < -0.3 is 19.0 Å². The van der Waals surface area contributed by atoms with Gasteiger partial charge in [0, 0.05) is 26.6 Å². The lowest BCUT2D eigenvalue weighted by Crippen LogP contribution is -2.34. The molecular weight excluding hydrogens is 320 g/mol. The lowest BCUT2D eigenvalue weighted by molar-refractivity contribution is -0.135. The maximum absolute atomic E-state index is 12.6. The number of carbonyl (C=O) groups excluding carboxylic acids is 2. The first kappa shape index (κ1) is 17.1. The normalized spacial score (nSPS) is 17.0. The van der Waals surface area contributed by atoms with Crippen LogP contribution in [0.1, 0.15) is 17.7 Å². The first-order valence-corrected chi connectivity index (χ1v) is 8.25. The molecule has 0 bridgehead atoms. The standard InChI is InChI=1S/C19H22N2O4/c1-20(13-17-4-3-9-25-17)19(23)15-10-18(22)21(12-15)11-14-5-7-16(24-2)8-6-14/h3-9,15H,10-13H2,1-2H3/t15-/m1/s1. The molecular formula is C19H22N2O4. The Morgan fingerprint density at radius 3 is 2.72 bits per heavy atom. The number of hydrogen-bond acceptors (Lipinski definition) is 4. The average Bonchev–Trinajstić information content (AvgIpc) is 3.25. The average molecular weight is 342 g/mol. The molecule has 2 heterocycles. The summed E-state index contributed by atoms with van der Waals surface area (Å²) in [6, 6.07) is 11.2. The van der Waals surface area contributed by atoms with Crippen molar-refractivity contribution in [2.75, 3.05) is 20.7 Å². The van der Waals surface area contributed by atoms with Gasteiger partial charge in [-0.25, -0.2) is 0 Å². The second kappa shape index (κ2) is 7.42. The van der Waals surface area contributed by atoms with E-state index in [1.807, 2.05) is 30.3 Å². The van der Waals surface area contributed by atoms with Crippen LogP contribution in [-0.2, 0) is 22.7 Å². The van der Waals surface area contributed by atoms with Crippen LogP contribution < -0.4 is 4.74 Å². The van der Waals surface area contributed by atoms with Gasteiger partial charge in [0.25, 0.3) is 0 Å². The molecule has 6 nitrogen and oxygen atoms in total. The maximum Gasteiger partial charge on any atom is 0.228 e. The molecule has 1 aromatic carbocycles. The Labute approximate surface area is 147 Å². The van der Waals surface area contributed by atoms with Gasteiger partial charge >= 0.3 is 0 Å². The summed E-state index contributed by atoms with van der Waals surface area (Å²) in [4.78, 5) is 28.2. The molecule has 2 amide bonds. The van der Waals surface area contributed by atoms with Crippen LogP contribution >= 0.6 is 0 Å². The summed E-state index contributed by atoms with van der Waals surface area (Å²) in [6.45, 7) is 1.37. The number of benzene rings is 1. The van der Waals surface area contributed by atoms with Crippen molar-refractivity contribution in [3.05, 3.63) is 54.0 Å². The number of hydrogen-bond donors (Lipinski definition) is 0. The number of ether oxygens (including phenoxy) is 1. The second-order valence-corrected chi connectivity index (χ2v) is 6.30. The molecule has 132 valence electrons. The van der Waals surface area contributed by atoms with E-state index >= 15 is 0 Å². The van der Waals surface area contributed by atoms with Crippen molar-refractivity contribution in [2.24, 2.45) is 5.92 Å². The lowest BCUT2D eigenvalue weighted by atomic mass is 10.1. The molecule has 1 saturated heterocycles. The van der Waals surface area contributed by atoms with E-state index in [-0.39, 0.29) is 24.2 Å². The van der Waals surface area contributed by atoms with Crippen LogP contribution in [0.25, 0.3) is 0 Å². The number of rotatable bonds is 6. The van der Waals surface area contributed by atoms with Gasteiger partial charge in [-0.15, -0.1) is 0 Å². The number of methoxy groups -OCH3 is 1. The molecule has 0 N–H and O–H groups in total. The van der Waals surface area contributed by atoms with Gasteiger partial charge in [-0.2, -0.15) is 0 Å². The van der Waals surface area contributed by atoms with Crippen LogP contribution in [0.5, 0.6) is 5.75 Å². The summed E-state index contributed by atoms with van der Waals surface area (Å²) >= 11 is 0. The molecule has 6 heteroatoms. The number of carbonyl (C=O) groups is 2. The molecule has 0 spiro atoms. The smallest absolute Gasteiger partial charge is 0.228 e. The minimum Gasteiger partial charge on any atom is -0.497 e. The largest absolute Gasteiger partial charge is 0.497 e. The lowest BCUT2D eigenvalue weighted by Gasteiger charge is -2.20. The Morgan fingerprint density at radius 1 is 1.32 bits per heavy atom. The van der Waals surface area contributed by atoms with E-state index in [0.717, 1.165) is 17.1 Å². The molecule has 0 radical (unpaired) electrons. The SMILES string of the molecule is COc1ccc(CN2C[C@H](C(=O)N(C)Cc3ccco3)CC2=O)cc1. The molecule has 3 rings (SSSR count). The minimum absolute atomic E-state index is 0.0144. The van der Waals surface area contributed by atoms with Gasteiger partial charge in [-0.3, -0.25) is 9.59 Å². The molecule has 1 aliphatic heterocycles. The van der Waals surface area contributed by atoms with Crippen molar-refractivity contribution in [3.63, 3.8) is 0 Å². The van der Waals surface area contributed by atoms with Gasteiger partial charge in [0.05, 0.1) is 25.8 Å². The highest BCUT2D eigenvalue weighted by molar-refractivity contribution is 5.89. The van der Waals surface area contributed by atoms with Crippen molar-refractivity contribution in [1.29, 1.82) is 0 Å². The summed E-state index contributed by atoms with van der Waals surface area (Å²) in [5.41, 5.74) is 1.02. The Morgan fingerprint density at radius 2 is 2.08 bits per heavy atom. The number of furan rings is 1. The van der Waals surface area contributed by atoms with Crippen molar-refractivity contribution in [1.82, 2.24) is 9.80 Å². The predicted octanol–water partition coefficient (Wildman–Crippen LogP) is 2.30. The van der Waals surface area contributed by atoms with E-state index < -0.39 is 0 Å². The molecule has 1 aromatic heterocycles. The fraction of sp³-hybridized carbons (Fsp3) is 0.368. The fourth-order valence-corrected chi connectivity index (χ4v) is 3.07. The van der Waals surface area contributed by atoms with Crippen molar-refractivity contribution >= 4 is 11.8 Å². The van der Waals surface area contributed by atoms with Gasteiger partial charge in [0.1, 0.15) is 11.5 Å². The fourth-order valence-electron chi connectivity index (χ4n) is 3.07. The number of likely N-dealkylation sites (tertiary alicyclic amines) is 1. The highest BCUT2D eigenvalue weighted by atomic mass is 16.5. The highest BCUT2D eigenvalue weighted by Gasteiger charge is 2.35. The van der Waals surface area contributed by atoms with Crippen molar-refractivity contribution < 1.29 is 18.7 Å². The Kier molecular flexibility index (Phi) is 5.07. The summed E-state index contributed by atoms with van der Waals surface area (Å²) in [5, 5.41) is 0. The first-order chi connectivity index (χ1) is 12.1. The molecule has 0 aliphatic carbocycles. The Bertz CT molecular complexity index is 724. The topological polar surface area (TPSA) is 63.0 Å². The summed E-state index contributed by atoms with van der Waals surface area (Å²) < 4.78 is 10.4. The van der Waals surface area contributed by atoms with Crippen LogP contribution in [0.4, 0.5) is 0 Å². The molecule has 1 aliphatic rings. The van der Waals surface area contributed by atoms with E-state index in [4.69, 9.17) is 9.15 Å². The highest BCUT2D eigenvalue weighted by Crippen LogP contribution is 2.23.